The minimum atomic E-state index is -0.970. The number of methoxy groups -OCH3 is 1. The number of Topliss-reactive ketones (excluding diaryl/α,β-unsaturated/α-hetero) is 1. The number of nitrogens with one attached hydrogen (secondary N) is 1. The monoisotopic (exact) mass is 344 g/mol. The molecule has 0 bridgehead atoms. The normalized spacial score (nSPS) is 17.7. The molecule has 0 fully saturated rings. The molecule has 5 nitrogen and oxygen atoms in total. The Bertz CT molecular complexity index is 688. The Labute approximate surface area is 136 Å². The standard InChI is InChI=1S/C13H10Cl2N2O3S/c1-20-13(19)8-9(16)10(17-12(8)21)11(18)6-4-5(14)2-3-7(6)15/h2-4,10H,16H2,1H3,(H,17,21)/t10-/m1/s1. The van der Waals surface area contributed by atoms with Gasteiger partial charge in [-0.25, -0.2) is 4.79 Å². The summed E-state index contributed by atoms with van der Waals surface area (Å²) in [5, 5.41) is 3.29. The van der Waals surface area contributed by atoms with Gasteiger partial charge in [0.25, 0.3) is 0 Å². The smallest absolute Gasteiger partial charge is 0.342 e. The summed E-state index contributed by atoms with van der Waals surface area (Å²) in [6, 6.07) is 3.53. The van der Waals surface area contributed by atoms with Gasteiger partial charge in [0.05, 0.1) is 17.8 Å². The lowest BCUT2D eigenvalue weighted by atomic mass is 10.0. The highest BCUT2D eigenvalue weighted by Crippen LogP contribution is 2.25. The van der Waals surface area contributed by atoms with E-state index in [-0.39, 0.29) is 26.8 Å². The van der Waals surface area contributed by atoms with Crippen molar-refractivity contribution in [1.82, 2.24) is 5.32 Å². The van der Waals surface area contributed by atoms with Crippen molar-refractivity contribution in [2.45, 2.75) is 6.04 Å². The lowest BCUT2D eigenvalue weighted by Gasteiger charge is -2.13. The van der Waals surface area contributed by atoms with Gasteiger partial charge >= 0.3 is 5.97 Å². The number of rotatable bonds is 3. The summed E-state index contributed by atoms with van der Waals surface area (Å²) >= 11 is 16.9. The highest BCUT2D eigenvalue weighted by molar-refractivity contribution is 7.80. The van der Waals surface area contributed by atoms with E-state index in [1.807, 2.05) is 0 Å². The molecular weight excluding hydrogens is 335 g/mol. The van der Waals surface area contributed by atoms with Crippen molar-refractivity contribution in [2.24, 2.45) is 5.73 Å². The Morgan fingerprint density at radius 3 is 2.67 bits per heavy atom. The molecule has 0 aliphatic carbocycles. The molecule has 1 aromatic carbocycles. The predicted octanol–water partition coefficient (Wildman–Crippen LogP) is 1.86. The number of thiocarbonyl (C=S) groups is 1. The Morgan fingerprint density at radius 1 is 1.38 bits per heavy atom. The minimum absolute atomic E-state index is 0.00731. The van der Waals surface area contributed by atoms with Crippen LogP contribution in [0.15, 0.2) is 29.5 Å². The Kier molecular flexibility index (Phi) is 4.51. The van der Waals surface area contributed by atoms with Gasteiger partial charge in [0.15, 0.2) is 5.78 Å². The number of hydrogen-bond donors (Lipinski definition) is 2. The molecule has 0 saturated heterocycles. The van der Waals surface area contributed by atoms with Gasteiger partial charge < -0.3 is 15.8 Å². The van der Waals surface area contributed by atoms with Crippen LogP contribution in [0.4, 0.5) is 0 Å². The molecule has 21 heavy (non-hydrogen) atoms. The fourth-order valence-corrected chi connectivity index (χ4v) is 2.62. The van der Waals surface area contributed by atoms with E-state index < -0.39 is 17.8 Å². The first-order valence-corrected chi connectivity index (χ1v) is 6.91. The summed E-state index contributed by atoms with van der Waals surface area (Å²) < 4.78 is 4.59. The van der Waals surface area contributed by atoms with Gasteiger partial charge in [-0.15, -0.1) is 0 Å². The molecule has 0 aromatic heterocycles. The van der Waals surface area contributed by atoms with Crippen molar-refractivity contribution in [3.8, 4) is 0 Å². The molecule has 0 spiro atoms. The van der Waals surface area contributed by atoms with Crippen molar-refractivity contribution in [2.75, 3.05) is 7.11 Å². The van der Waals surface area contributed by atoms with Crippen LogP contribution in [0.25, 0.3) is 0 Å². The summed E-state index contributed by atoms with van der Waals surface area (Å²) in [7, 11) is 1.20. The summed E-state index contributed by atoms with van der Waals surface area (Å²) in [6.45, 7) is 0. The van der Waals surface area contributed by atoms with Crippen molar-refractivity contribution < 1.29 is 14.3 Å². The number of carbonyl (C=O) groups is 2. The number of carbonyl (C=O) groups excluding carboxylic acids is 2. The molecule has 2 rings (SSSR count). The fraction of sp³-hybridized carbons (Fsp3) is 0.154. The number of ether oxygens (including phenoxy) is 1. The average Bonchev–Trinajstić information content (AvgIpc) is 2.75. The summed E-state index contributed by atoms with van der Waals surface area (Å²) in [5.41, 5.74) is 6.04. The zero-order chi connectivity index (χ0) is 15.7. The third-order valence-electron chi connectivity index (χ3n) is 2.95. The molecule has 1 aliphatic heterocycles. The SMILES string of the molecule is COC(=O)C1=C(N)[C@H](C(=O)c2cc(Cl)ccc2Cl)NC1=S. The average molecular weight is 345 g/mol. The van der Waals surface area contributed by atoms with Gasteiger partial charge in [0, 0.05) is 10.6 Å². The van der Waals surface area contributed by atoms with Gasteiger partial charge in [-0.2, -0.15) is 0 Å². The Hall–Kier alpha value is -1.63. The fourth-order valence-electron chi connectivity index (χ4n) is 1.92. The Balaban J connectivity index is 2.41. The molecular formula is C13H10Cl2N2O3S. The molecule has 110 valence electrons. The van der Waals surface area contributed by atoms with Crippen LogP contribution in [0.3, 0.4) is 0 Å². The lowest BCUT2D eigenvalue weighted by molar-refractivity contribution is -0.135. The highest BCUT2D eigenvalue weighted by Gasteiger charge is 2.37. The zero-order valence-electron chi connectivity index (χ0n) is 10.8. The number of benzene rings is 1. The first-order chi connectivity index (χ1) is 9.86. The number of esters is 1. The second kappa shape index (κ2) is 6.01. The second-order valence-corrected chi connectivity index (χ2v) is 5.47. The van der Waals surface area contributed by atoms with E-state index in [0.717, 1.165) is 0 Å². The molecule has 8 heteroatoms. The van der Waals surface area contributed by atoms with Crippen molar-refractivity contribution in [3.63, 3.8) is 0 Å². The van der Waals surface area contributed by atoms with Gasteiger partial charge in [0.1, 0.15) is 16.6 Å². The number of ketones is 1. The highest BCUT2D eigenvalue weighted by atomic mass is 35.5. The van der Waals surface area contributed by atoms with E-state index >= 15 is 0 Å². The maximum absolute atomic E-state index is 12.5. The Morgan fingerprint density at radius 2 is 2.05 bits per heavy atom. The molecule has 3 N–H and O–H groups in total. The lowest BCUT2D eigenvalue weighted by Crippen LogP contribution is -2.37. The topological polar surface area (TPSA) is 81.4 Å². The van der Waals surface area contributed by atoms with E-state index in [2.05, 4.69) is 10.1 Å². The zero-order valence-corrected chi connectivity index (χ0v) is 13.1. The first-order valence-electron chi connectivity index (χ1n) is 5.75. The van der Waals surface area contributed by atoms with Crippen LogP contribution in [0.5, 0.6) is 0 Å². The van der Waals surface area contributed by atoms with Crippen LogP contribution < -0.4 is 11.1 Å². The van der Waals surface area contributed by atoms with Crippen LogP contribution in [-0.4, -0.2) is 29.9 Å². The van der Waals surface area contributed by atoms with E-state index in [1.54, 1.807) is 6.07 Å². The third-order valence-corrected chi connectivity index (χ3v) is 3.83. The summed E-state index contributed by atoms with van der Waals surface area (Å²) in [5.74, 6) is -1.13. The first kappa shape index (κ1) is 15.8. The maximum Gasteiger partial charge on any atom is 0.342 e. The van der Waals surface area contributed by atoms with Gasteiger partial charge in [-0.3, -0.25) is 4.79 Å². The second-order valence-electron chi connectivity index (χ2n) is 4.22. The number of halogens is 2. The molecule has 0 unspecified atom stereocenters. The van der Waals surface area contributed by atoms with E-state index in [0.29, 0.717) is 5.02 Å². The van der Waals surface area contributed by atoms with Gasteiger partial charge in [-0.1, -0.05) is 35.4 Å². The largest absolute Gasteiger partial charge is 0.465 e. The molecule has 1 aliphatic rings. The minimum Gasteiger partial charge on any atom is -0.465 e. The molecule has 0 radical (unpaired) electrons. The predicted molar refractivity (Wildman–Crippen MR) is 83.5 cm³/mol. The molecule has 1 aromatic rings. The van der Waals surface area contributed by atoms with Crippen LogP contribution in [0, 0.1) is 0 Å². The van der Waals surface area contributed by atoms with Crippen LogP contribution in [0.1, 0.15) is 10.4 Å². The third kappa shape index (κ3) is 2.88. The molecule has 0 amide bonds. The van der Waals surface area contributed by atoms with Crippen molar-refractivity contribution >= 4 is 52.2 Å². The van der Waals surface area contributed by atoms with Gasteiger partial charge in [-0.05, 0) is 18.2 Å². The molecule has 1 atom stereocenters. The molecule has 1 heterocycles. The molecule has 0 saturated carbocycles. The van der Waals surface area contributed by atoms with E-state index in [9.17, 15) is 9.59 Å². The quantitative estimate of drug-likeness (QED) is 0.494. The maximum atomic E-state index is 12.5. The van der Waals surface area contributed by atoms with Crippen LogP contribution in [-0.2, 0) is 9.53 Å². The van der Waals surface area contributed by atoms with Crippen molar-refractivity contribution in [3.05, 3.63) is 45.1 Å². The van der Waals surface area contributed by atoms with Gasteiger partial charge in [0.2, 0.25) is 0 Å². The number of hydrogen-bond acceptors (Lipinski definition) is 5. The van der Waals surface area contributed by atoms with Crippen LogP contribution >= 0.6 is 35.4 Å². The van der Waals surface area contributed by atoms with E-state index in [4.69, 9.17) is 41.2 Å². The van der Waals surface area contributed by atoms with E-state index in [1.165, 1.54) is 19.2 Å². The van der Waals surface area contributed by atoms with Crippen LogP contribution in [0.2, 0.25) is 10.0 Å². The number of nitrogens with two attached hydrogens (primary N) is 1. The summed E-state index contributed by atoms with van der Waals surface area (Å²) in [6.07, 6.45) is 0. The van der Waals surface area contributed by atoms with Crippen molar-refractivity contribution in [1.29, 1.82) is 0 Å². The summed E-state index contributed by atoms with van der Waals surface area (Å²) in [4.78, 5) is 24.2.